The molecule has 2 rings (SSSR count). The van der Waals surface area contributed by atoms with E-state index in [1.54, 1.807) is 12.3 Å². The minimum Gasteiger partial charge on any atom is -0.296 e. The Labute approximate surface area is 84.3 Å². The topological polar surface area (TPSA) is 30.2 Å². The summed E-state index contributed by atoms with van der Waals surface area (Å²) in [5, 5.41) is 0. The molecule has 0 aliphatic carbocycles. The summed E-state index contributed by atoms with van der Waals surface area (Å²) in [6.45, 7) is 5.65. The van der Waals surface area contributed by atoms with E-state index < -0.39 is 0 Å². The molecule has 0 fully saturated rings. The summed E-state index contributed by atoms with van der Waals surface area (Å²) < 4.78 is 2.76. The normalized spacial score (nSPS) is 10.6. The third-order valence-corrected chi connectivity index (χ3v) is 2.25. The van der Waals surface area contributed by atoms with E-state index in [1.165, 1.54) is 0 Å². The van der Waals surface area contributed by atoms with Gasteiger partial charge in [0.15, 0.2) is 5.65 Å². The lowest BCUT2D eigenvalue weighted by Crippen LogP contribution is -1.93. The van der Waals surface area contributed by atoms with Gasteiger partial charge in [0.25, 0.3) is 0 Å². The van der Waals surface area contributed by atoms with E-state index in [2.05, 4.69) is 32.5 Å². The van der Waals surface area contributed by atoms with Gasteiger partial charge in [-0.1, -0.05) is 6.58 Å². The lowest BCUT2D eigenvalue weighted by atomic mass is 10.4. The van der Waals surface area contributed by atoms with Gasteiger partial charge in [-0.15, -0.1) is 0 Å². The van der Waals surface area contributed by atoms with Crippen LogP contribution < -0.4 is 0 Å². The van der Waals surface area contributed by atoms with E-state index in [0.717, 1.165) is 21.6 Å². The highest BCUT2D eigenvalue weighted by molar-refractivity contribution is 9.10. The largest absolute Gasteiger partial charge is 0.296 e. The quantitative estimate of drug-likeness (QED) is 0.763. The van der Waals surface area contributed by atoms with Gasteiger partial charge in [-0.05, 0) is 28.9 Å². The van der Waals surface area contributed by atoms with Crippen molar-refractivity contribution in [1.29, 1.82) is 0 Å². The van der Waals surface area contributed by atoms with E-state index in [1.807, 2.05) is 17.5 Å². The van der Waals surface area contributed by atoms with Crippen molar-refractivity contribution in [3.8, 4) is 0 Å². The Morgan fingerprint density at radius 1 is 1.62 bits per heavy atom. The summed E-state index contributed by atoms with van der Waals surface area (Å²) in [6.07, 6.45) is 5.43. The average Bonchev–Trinajstić information content (AvgIpc) is 2.47. The Kier molecular flexibility index (Phi) is 1.92. The molecule has 0 bridgehead atoms. The monoisotopic (exact) mass is 237 g/mol. The molecule has 0 N–H and O–H groups in total. The molecule has 0 aromatic carbocycles. The maximum atomic E-state index is 4.25. The van der Waals surface area contributed by atoms with Gasteiger partial charge >= 0.3 is 0 Å². The highest BCUT2D eigenvalue weighted by Gasteiger charge is 2.04. The molecule has 66 valence electrons. The van der Waals surface area contributed by atoms with Gasteiger partial charge in [-0.25, -0.2) is 9.97 Å². The Hall–Kier alpha value is -1.16. The molecule has 13 heavy (non-hydrogen) atoms. The van der Waals surface area contributed by atoms with Crippen molar-refractivity contribution in [3.05, 3.63) is 35.0 Å². The van der Waals surface area contributed by atoms with Crippen LogP contribution in [0.5, 0.6) is 0 Å². The predicted octanol–water partition coefficient (Wildman–Crippen LogP) is 2.44. The molecule has 0 aliphatic heterocycles. The van der Waals surface area contributed by atoms with Crippen molar-refractivity contribution in [3.63, 3.8) is 0 Å². The fraction of sp³-hybridized carbons (Fsp3) is 0.111. The van der Waals surface area contributed by atoms with Gasteiger partial charge in [0, 0.05) is 6.20 Å². The minimum atomic E-state index is 0.804. The highest BCUT2D eigenvalue weighted by atomic mass is 79.9. The first-order valence-corrected chi connectivity index (χ1v) is 4.64. The number of halogens is 1. The second kappa shape index (κ2) is 2.96. The molecule has 2 aromatic rings. The molecule has 0 atom stereocenters. The van der Waals surface area contributed by atoms with Crippen molar-refractivity contribution < 1.29 is 0 Å². The Morgan fingerprint density at radius 2 is 2.38 bits per heavy atom. The first-order chi connectivity index (χ1) is 6.22. The Balaban J connectivity index is 2.89. The zero-order valence-electron chi connectivity index (χ0n) is 7.16. The summed E-state index contributed by atoms with van der Waals surface area (Å²) in [6, 6.07) is 0. The lowest BCUT2D eigenvalue weighted by molar-refractivity contribution is 1.05. The van der Waals surface area contributed by atoms with Crippen molar-refractivity contribution in [2.24, 2.45) is 0 Å². The van der Waals surface area contributed by atoms with Crippen LogP contribution >= 0.6 is 15.9 Å². The van der Waals surface area contributed by atoms with Crippen LogP contribution in [-0.2, 0) is 0 Å². The molecule has 3 nitrogen and oxygen atoms in total. The maximum absolute atomic E-state index is 4.25. The van der Waals surface area contributed by atoms with E-state index in [9.17, 15) is 0 Å². The SMILES string of the molecule is C=Cc1cnc2c(C)nc(Br)cn12. The standard InChI is InChI=1S/C9H8BrN3/c1-3-7-4-11-9-6(2)12-8(10)5-13(7)9/h3-5H,1H2,2H3. The molecule has 2 aromatic heterocycles. The zero-order chi connectivity index (χ0) is 9.42. The van der Waals surface area contributed by atoms with Crippen molar-refractivity contribution in [1.82, 2.24) is 14.4 Å². The first-order valence-electron chi connectivity index (χ1n) is 3.85. The Morgan fingerprint density at radius 3 is 3.08 bits per heavy atom. The van der Waals surface area contributed by atoms with Gasteiger partial charge in [0.05, 0.1) is 17.6 Å². The number of hydrogen-bond donors (Lipinski definition) is 0. The van der Waals surface area contributed by atoms with Crippen molar-refractivity contribution >= 4 is 27.7 Å². The van der Waals surface area contributed by atoms with E-state index in [4.69, 9.17) is 0 Å². The van der Waals surface area contributed by atoms with Crippen LogP contribution in [0.1, 0.15) is 11.4 Å². The average molecular weight is 238 g/mol. The van der Waals surface area contributed by atoms with Crippen LogP contribution in [0.15, 0.2) is 23.6 Å². The molecule has 0 radical (unpaired) electrons. The molecule has 0 saturated carbocycles. The molecule has 0 unspecified atom stereocenters. The molecule has 0 saturated heterocycles. The second-order valence-corrected chi connectivity index (χ2v) is 3.54. The second-order valence-electron chi connectivity index (χ2n) is 2.73. The summed E-state index contributed by atoms with van der Waals surface area (Å²) in [5.74, 6) is 0. The number of aromatic nitrogens is 3. The van der Waals surface area contributed by atoms with Crippen LogP contribution in [0.25, 0.3) is 11.7 Å². The smallest absolute Gasteiger partial charge is 0.158 e. The van der Waals surface area contributed by atoms with Gasteiger partial charge in [-0.3, -0.25) is 4.40 Å². The molecule has 0 amide bonds. The van der Waals surface area contributed by atoms with Gasteiger partial charge in [0.1, 0.15) is 4.60 Å². The number of aryl methyl sites for hydroxylation is 1. The molecule has 0 aliphatic rings. The number of imidazole rings is 1. The maximum Gasteiger partial charge on any atom is 0.158 e. The highest BCUT2D eigenvalue weighted by Crippen LogP contribution is 2.14. The van der Waals surface area contributed by atoms with Crippen LogP contribution in [0.2, 0.25) is 0 Å². The fourth-order valence-electron chi connectivity index (χ4n) is 1.27. The first kappa shape index (κ1) is 8.44. The molecular weight excluding hydrogens is 230 g/mol. The third kappa shape index (κ3) is 1.27. The van der Waals surface area contributed by atoms with Crippen molar-refractivity contribution in [2.45, 2.75) is 6.92 Å². The van der Waals surface area contributed by atoms with Crippen LogP contribution in [0, 0.1) is 6.92 Å². The van der Waals surface area contributed by atoms with Gasteiger partial charge in [0.2, 0.25) is 0 Å². The molecule has 4 heteroatoms. The molecular formula is C9H8BrN3. The van der Waals surface area contributed by atoms with Crippen LogP contribution in [-0.4, -0.2) is 14.4 Å². The lowest BCUT2D eigenvalue weighted by Gasteiger charge is -1.99. The minimum absolute atomic E-state index is 0.804. The van der Waals surface area contributed by atoms with Gasteiger partial charge < -0.3 is 0 Å². The van der Waals surface area contributed by atoms with Crippen LogP contribution in [0.4, 0.5) is 0 Å². The number of hydrogen-bond acceptors (Lipinski definition) is 2. The number of fused-ring (bicyclic) bond motifs is 1. The summed E-state index contributed by atoms with van der Waals surface area (Å²) in [5.41, 5.74) is 2.75. The fourth-order valence-corrected chi connectivity index (χ4v) is 1.74. The Bertz CT molecular complexity index is 473. The van der Waals surface area contributed by atoms with Crippen molar-refractivity contribution in [2.75, 3.05) is 0 Å². The van der Waals surface area contributed by atoms with Crippen LogP contribution in [0.3, 0.4) is 0 Å². The predicted molar refractivity (Wildman–Crippen MR) is 55.5 cm³/mol. The summed E-state index contributed by atoms with van der Waals surface area (Å²) >= 11 is 3.34. The van der Waals surface area contributed by atoms with Gasteiger partial charge in [-0.2, -0.15) is 0 Å². The van der Waals surface area contributed by atoms with E-state index >= 15 is 0 Å². The summed E-state index contributed by atoms with van der Waals surface area (Å²) in [4.78, 5) is 8.49. The number of rotatable bonds is 1. The third-order valence-electron chi connectivity index (χ3n) is 1.87. The zero-order valence-corrected chi connectivity index (χ0v) is 8.74. The molecule has 2 heterocycles. The van der Waals surface area contributed by atoms with E-state index in [-0.39, 0.29) is 0 Å². The van der Waals surface area contributed by atoms with E-state index in [0.29, 0.717) is 0 Å². The number of nitrogens with zero attached hydrogens (tertiary/aromatic N) is 3. The molecule has 0 spiro atoms. The summed E-state index contributed by atoms with van der Waals surface area (Å²) in [7, 11) is 0.